The zero-order valence-electron chi connectivity index (χ0n) is 11.1. The Morgan fingerprint density at radius 3 is 2.57 bits per heavy atom. The molecular weight excluding hydrogens is 297 g/mol. The van der Waals surface area contributed by atoms with Crippen LogP contribution in [0.15, 0.2) is 6.20 Å². The molecule has 1 aromatic heterocycles. The molecular formula is C11H11F3N2O5. The van der Waals surface area contributed by atoms with E-state index >= 15 is 0 Å². The van der Waals surface area contributed by atoms with Crippen LogP contribution in [0.5, 0.6) is 5.75 Å². The van der Waals surface area contributed by atoms with Gasteiger partial charge in [-0.25, -0.2) is 0 Å². The van der Waals surface area contributed by atoms with Crippen LogP contribution < -0.4 is 4.74 Å². The van der Waals surface area contributed by atoms with Gasteiger partial charge < -0.3 is 19.6 Å². The molecule has 0 spiro atoms. The van der Waals surface area contributed by atoms with E-state index in [2.05, 4.69) is 14.5 Å². The van der Waals surface area contributed by atoms with Gasteiger partial charge in [0.25, 0.3) is 0 Å². The normalized spacial score (nSPS) is 11.1. The number of pyridine rings is 1. The molecule has 0 saturated carbocycles. The summed E-state index contributed by atoms with van der Waals surface area (Å²) in [6.45, 7) is 2.73. The average molecular weight is 308 g/mol. The third-order valence-electron chi connectivity index (χ3n) is 2.41. The van der Waals surface area contributed by atoms with Crippen molar-refractivity contribution in [1.82, 2.24) is 4.98 Å². The van der Waals surface area contributed by atoms with Crippen molar-refractivity contribution in [3.8, 4) is 5.75 Å². The summed E-state index contributed by atoms with van der Waals surface area (Å²) in [6, 6.07) is 0. The number of carbonyl (C=O) groups is 1. The average Bonchev–Trinajstić information content (AvgIpc) is 2.32. The summed E-state index contributed by atoms with van der Waals surface area (Å²) < 4.78 is 45.2. The van der Waals surface area contributed by atoms with Crippen molar-refractivity contribution in [1.29, 1.82) is 0 Å². The molecule has 0 saturated heterocycles. The highest BCUT2D eigenvalue weighted by Crippen LogP contribution is 2.31. The number of hydrogen-bond acceptors (Lipinski definition) is 6. The van der Waals surface area contributed by atoms with Crippen molar-refractivity contribution in [3.05, 3.63) is 27.4 Å². The van der Waals surface area contributed by atoms with Gasteiger partial charge in [0.05, 0.1) is 18.6 Å². The number of halogens is 3. The van der Waals surface area contributed by atoms with Crippen molar-refractivity contribution in [3.63, 3.8) is 0 Å². The smallest absolute Gasteiger partial charge is 0.466 e. The first-order valence-corrected chi connectivity index (χ1v) is 5.70. The lowest BCUT2D eigenvalue weighted by Crippen LogP contribution is -2.20. The fraction of sp³-hybridized carbons (Fsp3) is 0.455. The Bertz CT molecular complexity index is 560. The summed E-state index contributed by atoms with van der Waals surface area (Å²) in [6.07, 6.45) is -5.03. The second-order valence-electron chi connectivity index (χ2n) is 3.84. The van der Waals surface area contributed by atoms with Crippen LogP contribution in [0.2, 0.25) is 0 Å². The van der Waals surface area contributed by atoms with Crippen LogP contribution in [0.3, 0.4) is 0 Å². The molecule has 0 aliphatic carbocycles. The highest BCUT2D eigenvalue weighted by molar-refractivity contribution is 5.74. The Balaban J connectivity index is 3.27. The molecule has 10 heteroatoms. The number of hydrogen-bond donors (Lipinski definition) is 0. The van der Waals surface area contributed by atoms with E-state index in [0.29, 0.717) is 6.20 Å². The fourth-order valence-electron chi connectivity index (χ4n) is 1.59. The van der Waals surface area contributed by atoms with Gasteiger partial charge in [0, 0.05) is 5.56 Å². The lowest BCUT2D eigenvalue weighted by molar-refractivity contribution is -0.390. The number of esters is 1. The Kier molecular flexibility index (Phi) is 5.06. The second kappa shape index (κ2) is 6.37. The molecule has 0 fully saturated rings. The zero-order chi connectivity index (χ0) is 16.2. The zero-order valence-corrected chi connectivity index (χ0v) is 11.1. The molecule has 7 nitrogen and oxygen atoms in total. The first kappa shape index (κ1) is 16.7. The van der Waals surface area contributed by atoms with Gasteiger partial charge in [-0.3, -0.25) is 4.79 Å². The van der Waals surface area contributed by atoms with Crippen molar-refractivity contribution in [2.45, 2.75) is 26.6 Å². The number of alkyl halides is 3. The molecule has 1 rings (SSSR count). The van der Waals surface area contributed by atoms with E-state index in [1.54, 1.807) is 0 Å². The molecule has 0 amide bonds. The number of nitrogens with zero attached hydrogens (tertiary/aromatic N) is 2. The van der Waals surface area contributed by atoms with Gasteiger partial charge in [-0.15, -0.1) is 13.2 Å². The van der Waals surface area contributed by atoms with Gasteiger partial charge in [0.15, 0.2) is 11.9 Å². The molecule has 0 unspecified atom stereocenters. The van der Waals surface area contributed by atoms with Crippen LogP contribution in [0.1, 0.15) is 18.1 Å². The summed E-state index contributed by atoms with van der Waals surface area (Å²) >= 11 is 0. The van der Waals surface area contributed by atoms with E-state index in [1.165, 1.54) is 13.8 Å². The van der Waals surface area contributed by atoms with Crippen molar-refractivity contribution < 1.29 is 32.4 Å². The molecule has 0 aromatic carbocycles. The van der Waals surface area contributed by atoms with Gasteiger partial charge in [-0.2, -0.15) is 0 Å². The third-order valence-corrected chi connectivity index (χ3v) is 2.41. The molecule has 0 bridgehead atoms. The molecule has 0 aliphatic rings. The number of carbonyl (C=O) groups excluding carboxylic acids is 1. The minimum absolute atomic E-state index is 0.0283. The summed E-state index contributed by atoms with van der Waals surface area (Å²) in [4.78, 5) is 24.6. The Labute approximate surface area is 116 Å². The number of aromatic nitrogens is 1. The SMILES string of the molecule is CCOC(=O)Cc1c(OC(F)(F)F)cnc([N+](=O)[O-])c1C. The highest BCUT2D eigenvalue weighted by atomic mass is 19.4. The molecule has 21 heavy (non-hydrogen) atoms. The lowest BCUT2D eigenvalue weighted by Gasteiger charge is -2.13. The highest BCUT2D eigenvalue weighted by Gasteiger charge is 2.34. The van der Waals surface area contributed by atoms with Gasteiger partial charge in [0.1, 0.15) is 0 Å². The van der Waals surface area contributed by atoms with E-state index in [4.69, 9.17) is 0 Å². The molecule has 0 radical (unpaired) electrons. The van der Waals surface area contributed by atoms with E-state index in [0.717, 1.165) is 0 Å². The summed E-state index contributed by atoms with van der Waals surface area (Å²) in [5.74, 6) is -2.24. The number of rotatable bonds is 5. The van der Waals surface area contributed by atoms with Crippen LogP contribution in [-0.4, -0.2) is 28.8 Å². The van der Waals surface area contributed by atoms with E-state index in [9.17, 15) is 28.1 Å². The van der Waals surface area contributed by atoms with Crippen molar-refractivity contribution >= 4 is 11.8 Å². The minimum Gasteiger partial charge on any atom is -0.466 e. The molecule has 0 N–H and O–H groups in total. The second-order valence-corrected chi connectivity index (χ2v) is 3.84. The first-order chi connectivity index (χ1) is 9.65. The maximum absolute atomic E-state index is 12.3. The van der Waals surface area contributed by atoms with E-state index in [1.807, 2.05) is 0 Å². The van der Waals surface area contributed by atoms with Gasteiger partial charge in [-0.1, -0.05) is 0 Å². The molecule has 1 heterocycles. The quantitative estimate of drug-likeness (QED) is 0.471. The van der Waals surface area contributed by atoms with Gasteiger partial charge >= 0.3 is 18.1 Å². The van der Waals surface area contributed by atoms with Crippen LogP contribution in [0.25, 0.3) is 0 Å². The topological polar surface area (TPSA) is 91.6 Å². The summed E-state index contributed by atoms with van der Waals surface area (Å²) in [5.41, 5.74) is -0.470. The van der Waals surface area contributed by atoms with E-state index < -0.39 is 35.2 Å². The largest absolute Gasteiger partial charge is 0.573 e. The van der Waals surface area contributed by atoms with Crippen LogP contribution in [0.4, 0.5) is 19.0 Å². The monoisotopic (exact) mass is 308 g/mol. The Morgan fingerprint density at radius 2 is 2.10 bits per heavy atom. The summed E-state index contributed by atoms with van der Waals surface area (Å²) in [5, 5.41) is 10.7. The Hall–Kier alpha value is -2.39. The van der Waals surface area contributed by atoms with E-state index in [-0.39, 0.29) is 17.7 Å². The standard InChI is InChI=1S/C11H11F3N2O5/c1-3-20-9(17)4-7-6(2)10(16(18)19)15-5-8(7)21-11(12,13)14/h5H,3-4H2,1-2H3. The molecule has 0 atom stereocenters. The lowest BCUT2D eigenvalue weighted by atomic mass is 10.1. The fourth-order valence-corrected chi connectivity index (χ4v) is 1.59. The van der Waals surface area contributed by atoms with Crippen LogP contribution >= 0.6 is 0 Å². The van der Waals surface area contributed by atoms with Crippen molar-refractivity contribution in [2.75, 3.05) is 6.61 Å². The third kappa shape index (κ3) is 4.58. The number of nitro groups is 1. The number of ether oxygens (including phenoxy) is 2. The van der Waals surface area contributed by atoms with Crippen LogP contribution in [0, 0.1) is 17.0 Å². The molecule has 116 valence electrons. The van der Waals surface area contributed by atoms with Gasteiger partial charge in [0.2, 0.25) is 0 Å². The molecule has 0 aliphatic heterocycles. The van der Waals surface area contributed by atoms with Crippen molar-refractivity contribution in [2.24, 2.45) is 0 Å². The maximum Gasteiger partial charge on any atom is 0.573 e. The van der Waals surface area contributed by atoms with Gasteiger partial charge in [-0.05, 0) is 23.8 Å². The minimum atomic E-state index is -5.01. The van der Waals surface area contributed by atoms with Crippen LogP contribution in [-0.2, 0) is 16.0 Å². The molecule has 1 aromatic rings. The summed E-state index contributed by atoms with van der Waals surface area (Å²) in [7, 11) is 0. The maximum atomic E-state index is 12.3. The first-order valence-electron chi connectivity index (χ1n) is 5.70. The Morgan fingerprint density at radius 1 is 1.48 bits per heavy atom. The predicted octanol–water partition coefficient (Wildman–Crippen LogP) is 2.30. The predicted molar refractivity (Wildman–Crippen MR) is 62.6 cm³/mol.